The molecule has 31 heavy (non-hydrogen) atoms. The Hall–Kier alpha value is -3.11. The molecule has 0 saturated heterocycles. The molecular weight excluding hydrogens is 402 g/mol. The van der Waals surface area contributed by atoms with Gasteiger partial charge in [0.1, 0.15) is 0 Å². The summed E-state index contributed by atoms with van der Waals surface area (Å²) in [6.07, 6.45) is 1.89. The Labute approximate surface area is 186 Å². The van der Waals surface area contributed by atoms with Crippen molar-refractivity contribution in [3.05, 3.63) is 112 Å². The van der Waals surface area contributed by atoms with Crippen molar-refractivity contribution in [3.63, 3.8) is 0 Å². The first-order valence-electron chi connectivity index (χ1n) is 10.5. The van der Waals surface area contributed by atoms with Crippen molar-refractivity contribution in [3.8, 4) is 0 Å². The largest absolute Gasteiger partial charge is 0.481 e. The minimum Gasteiger partial charge on any atom is -0.481 e. The van der Waals surface area contributed by atoms with Gasteiger partial charge in [0.25, 0.3) is 0 Å². The van der Waals surface area contributed by atoms with Gasteiger partial charge in [0, 0.05) is 23.3 Å². The number of aliphatic carboxylic acids is 1. The van der Waals surface area contributed by atoms with Crippen LogP contribution in [0.2, 0.25) is 0 Å². The minimum atomic E-state index is -0.743. The van der Waals surface area contributed by atoms with Gasteiger partial charge in [-0.1, -0.05) is 66.7 Å². The van der Waals surface area contributed by atoms with Crippen LogP contribution in [-0.4, -0.2) is 21.8 Å². The zero-order chi connectivity index (χ0) is 21.2. The van der Waals surface area contributed by atoms with Crippen LogP contribution >= 0.6 is 11.8 Å². The zero-order valence-corrected chi connectivity index (χ0v) is 17.9. The average molecular weight is 426 g/mol. The van der Waals surface area contributed by atoms with E-state index in [9.17, 15) is 4.79 Å². The Kier molecular flexibility index (Phi) is 5.47. The Bertz CT molecular complexity index is 1270. The predicted molar refractivity (Wildman–Crippen MR) is 127 cm³/mol. The Morgan fingerprint density at radius 2 is 1.74 bits per heavy atom. The van der Waals surface area contributed by atoms with Crippen LogP contribution in [0.3, 0.4) is 0 Å². The van der Waals surface area contributed by atoms with Crippen LogP contribution in [0.1, 0.15) is 45.2 Å². The first-order chi connectivity index (χ1) is 15.2. The van der Waals surface area contributed by atoms with E-state index in [4.69, 9.17) is 10.1 Å². The van der Waals surface area contributed by atoms with Gasteiger partial charge in [-0.3, -0.25) is 9.78 Å². The summed E-state index contributed by atoms with van der Waals surface area (Å²) >= 11 is 1.73. The summed E-state index contributed by atoms with van der Waals surface area (Å²) in [6, 6.07) is 27.7. The highest BCUT2D eigenvalue weighted by molar-refractivity contribution is 7.99. The normalized spacial score (nSPS) is 14.8. The molecule has 3 nitrogen and oxygen atoms in total. The number of rotatable bonds is 6. The number of hydrogen-bond acceptors (Lipinski definition) is 3. The van der Waals surface area contributed by atoms with Crippen LogP contribution in [0.5, 0.6) is 0 Å². The average Bonchev–Trinajstić information content (AvgIpc) is 2.78. The number of hydrogen-bond donors (Lipinski definition) is 1. The lowest BCUT2D eigenvalue weighted by Crippen LogP contribution is -2.13. The first-order valence-corrected chi connectivity index (χ1v) is 11.6. The number of carboxylic acid groups (broad SMARTS) is 1. The lowest BCUT2D eigenvalue weighted by atomic mass is 9.84. The van der Waals surface area contributed by atoms with Crippen molar-refractivity contribution in [2.75, 3.05) is 5.75 Å². The summed E-state index contributed by atoms with van der Waals surface area (Å²) in [7, 11) is 0. The molecule has 0 radical (unpaired) electrons. The Morgan fingerprint density at radius 3 is 2.65 bits per heavy atom. The van der Waals surface area contributed by atoms with Crippen molar-refractivity contribution in [2.45, 2.75) is 24.5 Å². The van der Waals surface area contributed by atoms with E-state index >= 15 is 0 Å². The van der Waals surface area contributed by atoms with Crippen molar-refractivity contribution >= 4 is 28.6 Å². The number of aromatic nitrogens is 1. The molecule has 0 aliphatic heterocycles. The maximum atomic E-state index is 11.1. The molecule has 0 fully saturated rings. The highest BCUT2D eigenvalue weighted by atomic mass is 32.2. The molecule has 154 valence electrons. The predicted octanol–water partition coefficient (Wildman–Crippen LogP) is 6.03. The van der Waals surface area contributed by atoms with Gasteiger partial charge in [-0.2, -0.15) is 0 Å². The van der Waals surface area contributed by atoms with Crippen LogP contribution in [-0.2, 0) is 17.6 Å². The van der Waals surface area contributed by atoms with Gasteiger partial charge in [0.15, 0.2) is 0 Å². The Balaban J connectivity index is 1.46. The van der Waals surface area contributed by atoms with E-state index in [1.54, 1.807) is 11.8 Å². The maximum Gasteiger partial charge on any atom is 0.304 e. The monoisotopic (exact) mass is 425 g/mol. The molecule has 1 aromatic heterocycles. The number of para-hydroxylation sites is 1. The molecule has 0 amide bonds. The number of carboxylic acids is 1. The van der Waals surface area contributed by atoms with E-state index in [2.05, 4.69) is 66.7 Å². The van der Waals surface area contributed by atoms with Crippen LogP contribution in [0.25, 0.3) is 10.9 Å². The van der Waals surface area contributed by atoms with Crippen LogP contribution < -0.4 is 0 Å². The van der Waals surface area contributed by atoms with Crippen molar-refractivity contribution in [1.29, 1.82) is 0 Å². The fourth-order valence-electron chi connectivity index (χ4n) is 4.34. The standard InChI is InChI=1S/C27H23NO2S/c29-26(30)13-14-31-27-23-7-3-1-6-20(23)17-21-10-9-18(16-24(21)27)15-22-12-11-19-5-2-4-8-25(19)28-22/h1-12,16,27H,13-15,17H2,(H,29,30)/t27-/m0/s1. The topological polar surface area (TPSA) is 50.2 Å². The summed E-state index contributed by atoms with van der Waals surface area (Å²) in [4.78, 5) is 15.9. The fraction of sp³-hybridized carbons (Fsp3) is 0.185. The molecule has 0 saturated carbocycles. The molecule has 0 spiro atoms. The highest BCUT2D eigenvalue weighted by Gasteiger charge is 2.26. The van der Waals surface area contributed by atoms with E-state index in [1.807, 2.05) is 12.1 Å². The second-order valence-electron chi connectivity index (χ2n) is 7.98. The van der Waals surface area contributed by atoms with E-state index < -0.39 is 5.97 Å². The molecule has 1 aliphatic carbocycles. The molecule has 1 heterocycles. The molecule has 0 bridgehead atoms. The van der Waals surface area contributed by atoms with Gasteiger partial charge in [0.05, 0.1) is 17.2 Å². The lowest BCUT2D eigenvalue weighted by Gasteiger charge is -2.28. The minimum absolute atomic E-state index is 0.170. The molecule has 4 aromatic rings. The van der Waals surface area contributed by atoms with Crippen LogP contribution in [0, 0.1) is 0 Å². The number of nitrogens with zero attached hydrogens (tertiary/aromatic N) is 1. The second-order valence-corrected chi connectivity index (χ2v) is 9.19. The van der Waals surface area contributed by atoms with Crippen molar-refractivity contribution in [2.24, 2.45) is 0 Å². The number of fused-ring (bicyclic) bond motifs is 3. The third kappa shape index (κ3) is 4.21. The molecule has 1 N–H and O–H groups in total. The number of benzene rings is 3. The SMILES string of the molecule is O=C(O)CCS[C@H]1c2ccccc2Cc2ccc(Cc3ccc4ccccc4n3)cc21. The smallest absolute Gasteiger partial charge is 0.304 e. The first kappa shape index (κ1) is 19.8. The van der Waals surface area contributed by atoms with Gasteiger partial charge in [-0.15, -0.1) is 11.8 Å². The van der Waals surface area contributed by atoms with E-state index in [0.29, 0.717) is 5.75 Å². The molecule has 5 rings (SSSR count). The van der Waals surface area contributed by atoms with E-state index in [0.717, 1.165) is 29.4 Å². The fourth-order valence-corrected chi connectivity index (χ4v) is 5.68. The second kappa shape index (κ2) is 8.56. The summed E-state index contributed by atoms with van der Waals surface area (Å²) in [5.41, 5.74) is 8.62. The maximum absolute atomic E-state index is 11.1. The molecule has 0 unspecified atom stereocenters. The quantitative estimate of drug-likeness (QED) is 0.410. The van der Waals surface area contributed by atoms with Gasteiger partial charge in [0.2, 0.25) is 0 Å². The lowest BCUT2D eigenvalue weighted by molar-refractivity contribution is -0.136. The van der Waals surface area contributed by atoms with E-state index in [-0.39, 0.29) is 11.7 Å². The number of thioether (sulfide) groups is 1. The van der Waals surface area contributed by atoms with Crippen molar-refractivity contribution < 1.29 is 9.90 Å². The molecule has 3 aromatic carbocycles. The molecular formula is C27H23NO2S. The summed E-state index contributed by atoms with van der Waals surface area (Å²) in [5.74, 6) is -0.141. The summed E-state index contributed by atoms with van der Waals surface area (Å²) in [6.45, 7) is 0. The number of pyridine rings is 1. The van der Waals surface area contributed by atoms with Crippen LogP contribution in [0.15, 0.2) is 78.9 Å². The third-order valence-electron chi connectivity index (χ3n) is 5.85. The van der Waals surface area contributed by atoms with Gasteiger partial charge in [-0.25, -0.2) is 0 Å². The van der Waals surface area contributed by atoms with Crippen molar-refractivity contribution in [1.82, 2.24) is 4.98 Å². The van der Waals surface area contributed by atoms with Gasteiger partial charge in [-0.05, 0) is 46.4 Å². The summed E-state index contributed by atoms with van der Waals surface area (Å²) in [5, 5.41) is 10.4. The third-order valence-corrected chi connectivity index (χ3v) is 7.13. The molecule has 1 aliphatic rings. The molecule has 1 atom stereocenters. The zero-order valence-electron chi connectivity index (χ0n) is 17.1. The van der Waals surface area contributed by atoms with Gasteiger partial charge >= 0.3 is 5.97 Å². The van der Waals surface area contributed by atoms with E-state index in [1.165, 1.54) is 27.8 Å². The Morgan fingerprint density at radius 1 is 0.935 bits per heavy atom. The highest BCUT2D eigenvalue weighted by Crippen LogP contribution is 2.44. The van der Waals surface area contributed by atoms with Crippen LogP contribution in [0.4, 0.5) is 0 Å². The van der Waals surface area contributed by atoms with Gasteiger partial charge < -0.3 is 5.11 Å². The summed E-state index contributed by atoms with van der Waals surface area (Å²) < 4.78 is 0. The number of carbonyl (C=O) groups is 1. The molecule has 4 heteroatoms.